The van der Waals surface area contributed by atoms with Crippen molar-refractivity contribution in [3.8, 4) is 0 Å². The van der Waals surface area contributed by atoms with Crippen molar-refractivity contribution >= 4 is 69.0 Å². The Hall–Kier alpha value is -3.46. The number of nitrogens with one attached hydrogen (secondary N) is 2. The Morgan fingerprint density at radius 3 is 2.41 bits per heavy atom. The summed E-state index contributed by atoms with van der Waals surface area (Å²) in [6.07, 6.45) is 3.40. The third-order valence-corrected chi connectivity index (χ3v) is 9.41. The normalized spacial score (nSPS) is 13.8. The number of piperidine rings is 1. The second-order valence-electron chi connectivity index (χ2n) is 11.5. The van der Waals surface area contributed by atoms with E-state index < -0.39 is 0 Å². The number of amides is 2. The molecule has 0 spiro atoms. The highest BCUT2D eigenvalue weighted by molar-refractivity contribution is 6.36. The van der Waals surface area contributed by atoms with Crippen LogP contribution in [0.4, 0.5) is 11.4 Å². The number of hydrogen-bond donors (Lipinski definition) is 3. The lowest BCUT2D eigenvalue weighted by Crippen LogP contribution is -2.35. The predicted molar refractivity (Wildman–Crippen MR) is 180 cm³/mol. The maximum atomic E-state index is 13.3. The first kappa shape index (κ1) is 31.9. The zero-order valence-corrected chi connectivity index (χ0v) is 27.4. The van der Waals surface area contributed by atoms with Crippen molar-refractivity contribution in [3.05, 3.63) is 85.6 Å². The maximum Gasteiger partial charge on any atom is 0.253 e. The number of aryl methyl sites for hydroxylation is 1. The number of nitrogen functional groups attached to an aromatic ring is 1. The van der Waals surface area contributed by atoms with Crippen molar-refractivity contribution in [2.75, 3.05) is 30.3 Å². The molecule has 4 N–H and O–H groups in total. The van der Waals surface area contributed by atoms with Crippen LogP contribution >= 0.6 is 34.8 Å². The molecule has 1 aromatic heterocycles. The summed E-state index contributed by atoms with van der Waals surface area (Å²) in [4.78, 5) is 33.3. The molecule has 2 amide bonds. The third kappa shape index (κ3) is 6.77. The van der Waals surface area contributed by atoms with E-state index in [1.54, 1.807) is 24.3 Å². The molecule has 5 rings (SSSR count). The Morgan fingerprint density at radius 1 is 0.977 bits per heavy atom. The average molecular weight is 656 g/mol. The number of anilines is 2. The summed E-state index contributed by atoms with van der Waals surface area (Å²) in [7, 11) is 1.96. The van der Waals surface area contributed by atoms with Gasteiger partial charge in [0, 0.05) is 50.4 Å². The van der Waals surface area contributed by atoms with Gasteiger partial charge >= 0.3 is 0 Å². The van der Waals surface area contributed by atoms with Crippen LogP contribution in [0.15, 0.2) is 42.5 Å². The van der Waals surface area contributed by atoms with E-state index in [1.807, 2.05) is 24.6 Å². The highest BCUT2D eigenvalue weighted by Crippen LogP contribution is 2.34. The first-order valence-corrected chi connectivity index (χ1v) is 16.0. The number of nitrogens with zero attached hydrogens (tertiary/aromatic N) is 3. The van der Waals surface area contributed by atoms with Crippen LogP contribution in [0, 0.1) is 5.92 Å². The second kappa shape index (κ2) is 13.7. The molecule has 44 heavy (non-hydrogen) atoms. The number of carbonyl (C=O) groups is 2. The molecule has 0 bridgehead atoms. The van der Waals surface area contributed by atoms with Crippen molar-refractivity contribution < 1.29 is 9.59 Å². The number of hydrogen-bond acceptors (Lipinski definition) is 5. The molecule has 0 atom stereocenters. The van der Waals surface area contributed by atoms with E-state index >= 15 is 0 Å². The molecule has 0 radical (unpaired) electrons. The Balaban J connectivity index is 1.44. The minimum atomic E-state index is -0.337. The molecule has 2 heterocycles. The van der Waals surface area contributed by atoms with Crippen molar-refractivity contribution in [3.63, 3.8) is 0 Å². The van der Waals surface area contributed by atoms with Crippen molar-refractivity contribution in [2.45, 2.75) is 46.1 Å². The van der Waals surface area contributed by atoms with Crippen LogP contribution in [0.25, 0.3) is 11.0 Å². The Labute approximate surface area is 272 Å². The lowest BCUT2D eigenvalue weighted by atomic mass is 9.97. The number of aromatic nitrogens is 2. The fourth-order valence-electron chi connectivity index (χ4n) is 5.55. The van der Waals surface area contributed by atoms with Gasteiger partial charge in [-0.05, 0) is 72.7 Å². The van der Waals surface area contributed by atoms with E-state index in [4.69, 9.17) is 45.5 Å². The van der Waals surface area contributed by atoms with Gasteiger partial charge in [-0.3, -0.25) is 9.59 Å². The number of carbonyl (C=O) groups excluding carboxylic acids is 2. The van der Waals surface area contributed by atoms with Gasteiger partial charge in [-0.1, -0.05) is 54.7 Å². The average Bonchev–Trinajstić information content (AvgIpc) is 3.31. The molecular formula is C33H37Cl3N6O2. The molecule has 0 saturated carbocycles. The van der Waals surface area contributed by atoms with Crippen molar-refractivity contribution in [1.29, 1.82) is 0 Å². The number of halogens is 3. The highest BCUT2D eigenvalue weighted by Gasteiger charge is 2.24. The molecule has 1 fully saturated rings. The molecule has 8 nitrogen and oxygen atoms in total. The summed E-state index contributed by atoms with van der Waals surface area (Å²) in [5.74, 6) is 0.999. The lowest BCUT2D eigenvalue weighted by Gasteiger charge is -2.33. The Kier molecular flexibility index (Phi) is 9.93. The van der Waals surface area contributed by atoms with Gasteiger partial charge in [-0.2, -0.15) is 0 Å². The maximum absolute atomic E-state index is 13.3. The SMILES string of the molecule is CCCNC(=O)c1cc2nc(Cc3c(Cl)ccc(CNC(=O)c4ccc(N)cc4Cl)c3Cl)n(C)c2cc1N1CCC(C)CC1. The summed E-state index contributed by atoms with van der Waals surface area (Å²) in [5.41, 5.74) is 11.2. The molecule has 3 aromatic carbocycles. The summed E-state index contributed by atoms with van der Waals surface area (Å²) in [5, 5.41) is 7.15. The standard InChI is InChI=1S/C33H37Cl3N6O2/c1-4-11-38-33(44)24-15-27-29(17-28(24)42-12-9-19(2)10-13-42)41(3)30(40-27)16-23-25(34)8-5-20(31(23)36)18-39-32(43)22-7-6-21(37)14-26(22)35/h5-8,14-15,17,19H,4,9-13,16,18,37H2,1-3H3,(H,38,44)(H,39,43). The number of nitrogens with two attached hydrogens (primary N) is 1. The number of fused-ring (bicyclic) bond motifs is 1. The van der Waals surface area contributed by atoms with Crippen molar-refractivity contribution in [2.24, 2.45) is 13.0 Å². The molecule has 1 aliphatic heterocycles. The Bertz CT molecular complexity index is 1710. The van der Waals surface area contributed by atoms with E-state index in [0.29, 0.717) is 56.9 Å². The summed E-state index contributed by atoms with van der Waals surface area (Å²) in [6, 6.07) is 12.3. The monoisotopic (exact) mass is 654 g/mol. The first-order chi connectivity index (χ1) is 21.1. The van der Waals surface area contributed by atoms with Gasteiger partial charge in [0.25, 0.3) is 11.8 Å². The van der Waals surface area contributed by atoms with Crippen LogP contribution in [0.1, 0.15) is 70.8 Å². The molecule has 1 saturated heterocycles. The molecule has 0 aliphatic carbocycles. The fourth-order valence-corrected chi connectivity index (χ4v) is 6.40. The van der Waals surface area contributed by atoms with Crippen LogP contribution in [0.5, 0.6) is 0 Å². The molecular weight excluding hydrogens is 619 g/mol. The van der Waals surface area contributed by atoms with Gasteiger partial charge in [0.2, 0.25) is 0 Å². The topological polar surface area (TPSA) is 105 Å². The molecule has 4 aromatic rings. The van der Waals surface area contributed by atoms with E-state index in [2.05, 4.69) is 28.5 Å². The first-order valence-electron chi connectivity index (χ1n) is 14.9. The largest absolute Gasteiger partial charge is 0.399 e. The quantitative estimate of drug-likeness (QED) is 0.168. The van der Waals surface area contributed by atoms with Gasteiger partial charge in [0.15, 0.2) is 0 Å². The molecule has 1 aliphatic rings. The minimum Gasteiger partial charge on any atom is -0.399 e. The molecule has 0 unspecified atom stereocenters. The second-order valence-corrected chi connectivity index (χ2v) is 12.7. The van der Waals surface area contributed by atoms with Gasteiger partial charge in [-0.15, -0.1) is 0 Å². The van der Waals surface area contributed by atoms with Crippen molar-refractivity contribution in [1.82, 2.24) is 20.2 Å². The van der Waals surface area contributed by atoms with Crippen LogP contribution in [0.3, 0.4) is 0 Å². The predicted octanol–water partition coefficient (Wildman–Crippen LogP) is 7.01. The van der Waals surface area contributed by atoms with Crippen LogP contribution < -0.4 is 21.3 Å². The van der Waals surface area contributed by atoms with E-state index in [9.17, 15) is 9.59 Å². The zero-order chi connectivity index (χ0) is 31.5. The third-order valence-electron chi connectivity index (χ3n) is 8.27. The summed E-state index contributed by atoms with van der Waals surface area (Å²) < 4.78 is 2.03. The number of imidazole rings is 1. The van der Waals surface area contributed by atoms with Gasteiger partial charge in [0.05, 0.1) is 37.9 Å². The summed E-state index contributed by atoms with van der Waals surface area (Å²) in [6.45, 7) is 6.92. The minimum absolute atomic E-state index is 0.0873. The van der Waals surface area contributed by atoms with E-state index in [-0.39, 0.29) is 23.4 Å². The highest BCUT2D eigenvalue weighted by atomic mass is 35.5. The van der Waals surface area contributed by atoms with Gasteiger partial charge in [0.1, 0.15) is 5.82 Å². The molecule has 232 valence electrons. The lowest BCUT2D eigenvalue weighted by molar-refractivity contribution is 0.0944. The number of benzene rings is 3. The Morgan fingerprint density at radius 2 is 1.70 bits per heavy atom. The van der Waals surface area contributed by atoms with Gasteiger partial charge in [-0.25, -0.2) is 4.98 Å². The van der Waals surface area contributed by atoms with Gasteiger partial charge < -0.3 is 25.8 Å². The van der Waals surface area contributed by atoms with E-state index in [0.717, 1.165) is 54.9 Å². The van der Waals surface area contributed by atoms with Crippen LogP contribution in [-0.2, 0) is 20.0 Å². The fraction of sp³-hybridized carbons (Fsp3) is 0.364. The van der Waals surface area contributed by atoms with Crippen LogP contribution in [-0.4, -0.2) is 41.0 Å². The van der Waals surface area contributed by atoms with Crippen LogP contribution in [0.2, 0.25) is 15.1 Å². The van der Waals surface area contributed by atoms with E-state index in [1.165, 1.54) is 6.07 Å². The smallest absolute Gasteiger partial charge is 0.253 e. The molecule has 11 heteroatoms. The summed E-state index contributed by atoms with van der Waals surface area (Å²) >= 11 is 19.7. The number of rotatable bonds is 9. The zero-order valence-electron chi connectivity index (χ0n) is 25.1.